The molecule has 7 heteroatoms. The van der Waals surface area contributed by atoms with Crippen molar-refractivity contribution in [1.29, 1.82) is 0 Å². The van der Waals surface area contributed by atoms with Crippen LogP contribution in [0.5, 0.6) is 0 Å². The third-order valence-electron chi connectivity index (χ3n) is 1.87. The molecule has 0 fully saturated rings. The van der Waals surface area contributed by atoms with Crippen molar-refractivity contribution in [3.05, 3.63) is 21.1 Å². The Morgan fingerprint density at radius 2 is 1.76 bits per heavy atom. The normalized spacial score (nSPS) is 11.8. The fraction of sp³-hybridized carbons (Fsp3) is 0.400. The maximum atomic E-state index is 11.8. The number of sulfonamides is 1. The van der Waals surface area contributed by atoms with Gasteiger partial charge in [-0.2, -0.15) is 0 Å². The molecule has 3 N–H and O–H groups in total. The molecule has 0 radical (unpaired) electrons. The number of nitrogens with two attached hydrogens (primary N) is 1. The third-order valence-corrected chi connectivity index (χ3v) is 4.75. The van der Waals surface area contributed by atoms with Gasteiger partial charge < -0.3 is 5.73 Å². The topological polar surface area (TPSA) is 72.2 Å². The molecule has 96 valence electrons. The Kier molecular flexibility index (Phi) is 4.86. The van der Waals surface area contributed by atoms with Crippen molar-refractivity contribution in [3.8, 4) is 0 Å². The smallest absolute Gasteiger partial charge is 0.233 e. The molecular formula is C10H14Br2N2O2S. The van der Waals surface area contributed by atoms with Gasteiger partial charge in [0.2, 0.25) is 10.0 Å². The summed E-state index contributed by atoms with van der Waals surface area (Å²) in [6.07, 6.45) is 0. The molecule has 4 nitrogen and oxygen atoms in total. The molecule has 0 saturated carbocycles. The zero-order chi connectivity index (χ0) is 13.2. The van der Waals surface area contributed by atoms with Gasteiger partial charge in [0.1, 0.15) is 0 Å². The van der Waals surface area contributed by atoms with Gasteiger partial charge in [0.05, 0.1) is 11.4 Å². The Labute approximate surface area is 118 Å². The second-order valence-corrected chi connectivity index (χ2v) is 7.61. The van der Waals surface area contributed by atoms with Crippen molar-refractivity contribution in [2.75, 3.05) is 16.2 Å². The van der Waals surface area contributed by atoms with Crippen LogP contribution in [0.3, 0.4) is 0 Å². The van der Waals surface area contributed by atoms with Crippen LogP contribution in [0, 0.1) is 5.92 Å². The van der Waals surface area contributed by atoms with E-state index in [1.54, 1.807) is 12.1 Å². The van der Waals surface area contributed by atoms with Crippen LogP contribution < -0.4 is 10.5 Å². The van der Waals surface area contributed by atoms with Crippen LogP contribution in [0.1, 0.15) is 13.8 Å². The highest BCUT2D eigenvalue weighted by Gasteiger charge is 2.16. The molecule has 0 aliphatic heterocycles. The minimum atomic E-state index is -3.34. The molecule has 0 amide bonds. The van der Waals surface area contributed by atoms with Crippen molar-refractivity contribution < 1.29 is 8.42 Å². The van der Waals surface area contributed by atoms with Gasteiger partial charge in [-0.05, 0) is 49.9 Å². The van der Waals surface area contributed by atoms with Gasteiger partial charge in [-0.25, -0.2) is 8.42 Å². The summed E-state index contributed by atoms with van der Waals surface area (Å²) in [6, 6.07) is 3.30. The number of hydrogen-bond donors (Lipinski definition) is 2. The highest BCUT2D eigenvalue weighted by molar-refractivity contribution is 9.11. The molecule has 1 rings (SSSR count). The average Bonchev–Trinajstić information content (AvgIpc) is 2.09. The van der Waals surface area contributed by atoms with Crippen molar-refractivity contribution in [2.45, 2.75) is 13.8 Å². The van der Waals surface area contributed by atoms with Crippen LogP contribution in [-0.4, -0.2) is 14.2 Å². The molecule has 0 saturated heterocycles. The second-order valence-electron chi connectivity index (χ2n) is 4.14. The summed E-state index contributed by atoms with van der Waals surface area (Å²) in [4.78, 5) is 0. The number of hydrogen-bond acceptors (Lipinski definition) is 3. The summed E-state index contributed by atoms with van der Waals surface area (Å²) < 4.78 is 27.4. The molecule has 17 heavy (non-hydrogen) atoms. The van der Waals surface area contributed by atoms with Gasteiger partial charge in [-0.1, -0.05) is 13.8 Å². The first-order chi connectivity index (χ1) is 7.71. The molecule has 0 aliphatic carbocycles. The van der Waals surface area contributed by atoms with Gasteiger partial charge in [0.15, 0.2) is 0 Å². The summed E-state index contributed by atoms with van der Waals surface area (Å²) in [5.41, 5.74) is 6.66. The fourth-order valence-corrected chi connectivity index (χ4v) is 4.50. The predicted molar refractivity (Wildman–Crippen MR) is 78.5 cm³/mol. The van der Waals surface area contributed by atoms with E-state index in [9.17, 15) is 8.42 Å². The minimum absolute atomic E-state index is 0.0684. The molecule has 0 spiro atoms. The summed E-state index contributed by atoms with van der Waals surface area (Å²) in [6.45, 7) is 3.71. The highest BCUT2D eigenvalue weighted by atomic mass is 79.9. The monoisotopic (exact) mass is 384 g/mol. The lowest BCUT2D eigenvalue weighted by Gasteiger charge is -2.13. The second kappa shape index (κ2) is 5.58. The molecule has 0 unspecified atom stereocenters. The minimum Gasteiger partial charge on any atom is -0.399 e. The SMILES string of the molecule is CC(C)CS(=O)(=O)Nc1c(Br)cc(N)cc1Br. The molecule has 0 aliphatic rings. The summed E-state index contributed by atoms with van der Waals surface area (Å²) in [5.74, 6) is 0.148. The standard InChI is InChI=1S/C10H14Br2N2O2S/c1-6(2)5-17(15,16)14-10-8(11)3-7(13)4-9(10)12/h3-4,6,14H,5,13H2,1-2H3. The zero-order valence-corrected chi connectivity index (χ0v) is 13.5. The van der Waals surface area contributed by atoms with E-state index in [2.05, 4.69) is 36.6 Å². The number of anilines is 2. The van der Waals surface area contributed by atoms with Gasteiger partial charge in [-0.15, -0.1) is 0 Å². The van der Waals surface area contributed by atoms with Crippen molar-refractivity contribution in [1.82, 2.24) is 0 Å². The van der Waals surface area contributed by atoms with Crippen LogP contribution in [0.15, 0.2) is 21.1 Å². The van der Waals surface area contributed by atoms with E-state index in [0.717, 1.165) is 0 Å². The maximum absolute atomic E-state index is 11.8. The number of nitrogen functional groups attached to an aromatic ring is 1. The molecular weight excluding hydrogens is 372 g/mol. The van der Waals surface area contributed by atoms with Gasteiger partial charge in [0.25, 0.3) is 0 Å². The van der Waals surface area contributed by atoms with Crippen LogP contribution in [0.25, 0.3) is 0 Å². The van der Waals surface area contributed by atoms with Gasteiger partial charge in [0, 0.05) is 14.6 Å². The van der Waals surface area contributed by atoms with Crippen LogP contribution in [0.2, 0.25) is 0 Å². The first kappa shape index (κ1) is 14.8. The van der Waals surface area contributed by atoms with E-state index >= 15 is 0 Å². The Morgan fingerprint density at radius 3 is 2.18 bits per heavy atom. The summed E-state index contributed by atoms with van der Waals surface area (Å²) in [5, 5.41) is 0. The predicted octanol–water partition coefficient (Wildman–Crippen LogP) is 3.19. The van der Waals surface area contributed by atoms with E-state index < -0.39 is 10.0 Å². The molecule has 0 atom stereocenters. The van der Waals surface area contributed by atoms with Crippen LogP contribution >= 0.6 is 31.9 Å². The van der Waals surface area contributed by atoms with E-state index in [0.29, 0.717) is 20.3 Å². The van der Waals surface area contributed by atoms with E-state index in [-0.39, 0.29) is 11.7 Å². The summed E-state index contributed by atoms with van der Waals surface area (Å²) in [7, 11) is -3.34. The Hall–Kier alpha value is -0.270. The lowest BCUT2D eigenvalue weighted by Crippen LogP contribution is -2.20. The van der Waals surface area contributed by atoms with Crippen molar-refractivity contribution in [2.24, 2.45) is 5.92 Å². The van der Waals surface area contributed by atoms with Crippen LogP contribution in [0.4, 0.5) is 11.4 Å². The van der Waals surface area contributed by atoms with E-state index in [4.69, 9.17) is 5.73 Å². The highest BCUT2D eigenvalue weighted by Crippen LogP contribution is 2.34. The Balaban J connectivity index is 3.04. The van der Waals surface area contributed by atoms with Crippen molar-refractivity contribution in [3.63, 3.8) is 0 Å². The molecule has 1 aromatic carbocycles. The lowest BCUT2D eigenvalue weighted by atomic mass is 10.3. The molecule has 1 aromatic rings. The van der Waals surface area contributed by atoms with E-state index in [1.165, 1.54) is 0 Å². The molecule has 0 heterocycles. The Bertz CT molecular complexity index is 492. The lowest BCUT2D eigenvalue weighted by molar-refractivity contribution is 0.587. The summed E-state index contributed by atoms with van der Waals surface area (Å²) >= 11 is 6.56. The molecule has 0 aromatic heterocycles. The van der Waals surface area contributed by atoms with Gasteiger partial charge in [-0.3, -0.25) is 4.72 Å². The fourth-order valence-electron chi connectivity index (χ4n) is 1.33. The first-order valence-electron chi connectivity index (χ1n) is 4.96. The van der Waals surface area contributed by atoms with E-state index in [1.807, 2.05) is 13.8 Å². The zero-order valence-electron chi connectivity index (χ0n) is 9.50. The third kappa shape index (κ3) is 4.48. The number of rotatable bonds is 4. The largest absolute Gasteiger partial charge is 0.399 e. The maximum Gasteiger partial charge on any atom is 0.233 e. The first-order valence-corrected chi connectivity index (χ1v) is 8.20. The van der Waals surface area contributed by atoms with Crippen molar-refractivity contribution >= 4 is 53.3 Å². The van der Waals surface area contributed by atoms with Crippen LogP contribution in [-0.2, 0) is 10.0 Å². The number of halogens is 2. The average molecular weight is 386 g/mol. The quantitative estimate of drug-likeness (QED) is 0.781. The Morgan fingerprint density at radius 1 is 1.29 bits per heavy atom. The van der Waals surface area contributed by atoms with Gasteiger partial charge >= 0.3 is 0 Å². The number of benzene rings is 1. The number of nitrogens with one attached hydrogen (secondary N) is 1. The molecule has 0 bridgehead atoms.